The molecule has 1 atom stereocenters. The molecule has 0 saturated carbocycles. The Labute approximate surface area is 207 Å². The molecule has 2 rings (SSSR count). The van der Waals surface area contributed by atoms with Crippen LogP contribution in [0.1, 0.15) is 36.7 Å². The van der Waals surface area contributed by atoms with Crippen LogP contribution in [0, 0.1) is 9.39 Å². The van der Waals surface area contributed by atoms with E-state index in [1.165, 1.54) is 0 Å². The van der Waals surface area contributed by atoms with Crippen LogP contribution in [0.5, 0.6) is 5.75 Å². The summed E-state index contributed by atoms with van der Waals surface area (Å²) in [6.07, 6.45) is -0.659. The van der Waals surface area contributed by atoms with Gasteiger partial charge in [-0.1, -0.05) is 30.3 Å². The lowest BCUT2D eigenvalue weighted by molar-refractivity contribution is 0.0380. The Kier molecular flexibility index (Phi) is 9.71. The number of carbonyl (C=O) groups is 2. The second kappa shape index (κ2) is 11.8. The number of nitrogens with one attached hydrogen (secondary N) is 1. The van der Waals surface area contributed by atoms with Crippen LogP contribution in [0.4, 0.5) is 9.18 Å². The van der Waals surface area contributed by atoms with Crippen LogP contribution < -0.4 is 10.1 Å². The van der Waals surface area contributed by atoms with Crippen molar-refractivity contribution in [1.82, 2.24) is 5.32 Å². The van der Waals surface area contributed by atoms with Crippen molar-refractivity contribution in [2.24, 2.45) is 0 Å². The van der Waals surface area contributed by atoms with E-state index in [0.717, 1.165) is 11.6 Å². The molecular weight excluding hydrogens is 600 g/mol. The maximum atomic E-state index is 14.2. The summed E-state index contributed by atoms with van der Waals surface area (Å²) in [5.74, 6) is -2.02. The summed E-state index contributed by atoms with van der Waals surface area (Å²) in [7, 11) is 0. The number of hydrogen-bond acceptors (Lipinski definition) is 5. The molecule has 1 amide bonds. The molecule has 0 bridgehead atoms. The quantitative estimate of drug-likeness (QED) is 0.288. The zero-order valence-corrected chi connectivity index (χ0v) is 21.5. The Balaban J connectivity index is 2.13. The van der Waals surface area contributed by atoms with Crippen LogP contribution in [-0.2, 0) is 16.1 Å². The number of carboxylic acids is 1. The molecule has 0 aliphatic rings. The van der Waals surface area contributed by atoms with E-state index in [9.17, 15) is 19.1 Å². The van der Waals surface area contributed by atoms with E-state index in [-0.39, 0.29) is 32.6 Å². The first-order valence-electron chi connectivity index (χ1n) is 9.62. The standard InChI is InChI=1S/C22H24BrFINO6/c1-22(2,3)32-21(29)26-14(11-30-10-13-7-5-4-6-8-13)12-31-19-17(23)16(24)9-15(18(19)25)20(27)28/h4-9,14H,10-12H2,1-3H3,(H,26,29)(H,27,28)/t14-/m0/s1. The molecule has 0 heterocycles. The van der Waals surface area contributed by atoms with Gasteiger partial charge in [-0.3, -0.25) is 0 Å². The van der Waals surface area contributed by atoms with Crippen LogP contribution in [0.15, 0.2) is 40.9 Å². The van der Waals surface area contributed by atoms with Gasteiger partial charge < -0.3 is 24.6 Å². The van der Waals surface area contributed by atoms with Gasteiger partial charge in [0.15, 0.2) is 5.75 Å². The monoisotopic (exact) mass is 623 g/mol. The largest absolute Gasteiger partial charge is 0.489 e. The van der Waals surface area contributed by atoms with Gasteiger partial charge in [0.05, 0.1) is 32.9 Å². The Morgan fingerprint density at radius 3 is 2.47 bits per heavy atom. The fourth-order valence-electron chi connectivity index (χ4n) is 2.55. The fraction of sp³-hybridized carbons (Fsp3) is 0.364. The number of halogens is 3. The third-order valence-corrected chi connectivity index (χ3v) is 5.74. The van der Waals surface area contributed by atoms with Crippen molar-refractivity contribution < 1.29 is 33.3 Å². The van der Waals surface area contributed by atoms with Gasteiger partial charge in [0.25, 0.3) is 0 Å². The van der Waals surface area contributed by atoms with Gasteiger partial charge >= 0.3 is 12.1 Å². The number of alkyl carbamates (subject to hydrolysis) is 1. The van der Waals surface area contributed by atoms with Gasteiger partial charge in [-0.15, -0.1) is 0 Å². The van der Waals surface area contributed by atoms with Crippen LogP contribution in [0.25, 0.3) is 0 Å². The van der Waals surface area contributed by atoms with Gasteiger partial charge in [-0.05, 0) is 70.9 Å². The maximum Gasteiger partial charge on any atom is 0.408 e. The summed E-state index contributed by atoms with van der Waals surface area (Å²) in [5.41, 5.74) is 0.0359. The number of carboxylic acid groups (broad SMARTS) is 1. The topological polar surface area (TPSA) is 94.1 Å². The summed E-state index contributed by atoms with van der Waals surface area (Å²) in [6.45, 7) is 5.52. The van der Waals surface area contributed by atoms with Gasteiger partial charge in [-0.25, -0.2) is 14.0 Å². The Morgan fingerprint density at radius 2 is 1.88 bits per heavy atom. The Bertz CT molecular complexity index is 952. The average molecular weight is 624 g/mol. The molecule has 0 unspecified atom stereocenters. The van der Waals surface area contributed by atoms with Gasteiger partial charge in [-0.2, -0.15) is 0 Å². The van der Waals surface area contributed by atoms with Crippen LogP contribution in [-0.4, -0.2) is 42.0 Å². The zero-order valence-electron chi connectivity index (χ0n) is 17.8. The lowest BCUT2D eigenvalue weighted by Crippen LogP contribution is -2.44. The highest BCUT2D eigenvalue weighted by atomic mass is 127. The van der Waals surface area contributed by atoms with E-state index >= 15 is 0 Å². The predicted octanol–water partition coefficient (Wildman–Crippen LogP) is 5.38. The summed E-state index contributed by atoms with van der Waals surface area (Å²) < 4.78 is 31.1. The van der Waals surface area contributed by atoms with Gasteiger partial charge in [0.1, 0.15) is 18.0 Å². The molecular formula is C22H24BrFINO6. The highest BCUT2D eigenvalue weighted by molar-refractivity contribution is 14.1. The molecule has 0 radical (unpaired) electrons. The molecule has 0 fully saturated rings. The molecule has 10 heteroatoms. The second-order valence-electron chi connectivity index (χ2n) is 7.82. The fourth-order valence-corrected chi connectivity index (χ4v) is 4.16. The third-order valence-electron chi connectivity index (χ3n) is 3.93. The number of hydrogen-bond donors (Lipinski definition) is 2. The first-order valence-corrected chi connectivity index (χ1v) is 11.5. The molecule has 32 heavy (non-hydrogen) atoms. The summed E-state index contributed by atoms with van der Waals surface area (Å²) in [6, 6.07) is 9.77. The van der Waals surface area contributed by atoms with Crippen molar-refractivity contribution in [3.05, 3.63) is 61.4 Å². The number of benzene rings is 2. The van der Waals surface area contributed by atoms with Crippen LogP contribution >= 0.6 is 38.5 Å². The normalized spacial score (nSPS) is 12.2. The molecule has 2 aromatic rings. The van der Waals surface area contributed by atoms with E-state index in [2.05, 4.69) is 21.2 Å². The van der Waals surface area contributed by atoms with E-state index in [4.69, 9.17) is 14.2 Å². The predicted molar refractivity (Wildman–Crippen MR) is 129 cm³/mol. The highest BCUT2D eigenvalue weighted by Crippen LogP contribution is 2.35. The first-order chi connectivity index (χ1) is 15.0. The summed E-state index contributed by atoms with van der Waals surface area (Å²) in [5, 5.41) is 12.0. The molecule has 2 aromatic carbocycles. The van der Waals surface area contributed by atoms with E-state index < -0.39 is 29.5 Å². The van der Waals surface area contributed by atoms with E-state index in [1.54, 1.807) is 43.4 Å². The molecule has 2 N–H and O–H groups in total. The minimum atomic E-state index is -1.28. The van der Waals surface area contributed by atoms with Crippen LogP contribution in [0.2, 0.25) is 0 Å². The molecule has 0 saturated heterocycles. The highest BCUT2D eigenvalue weighted by Gasteiger charge is 2.24. The minimum absolute atomic E-state index is 0.00637. The molecule has 0 aliphatic heterocycles. The SMILES string of the molecule is CC(C)(C)OC(=O)N[C@@H](COCc1ccccc1)COc1c(Br)c(F)cc(C(=O)O)c1I. The number of carbonyl (C=O) groups excluding carboxylic acids is 1. The maximum absolute atomic E-state index is 14.2. The Hall–Kier alpha value is -1.92. The molecule has 0 aromatic heterocycles. The third kappa shape index (κ3) is 8.21. The molecule has 7 nitrogen and oxygen atoms in total. The van der Waals surface area contributed by atoms with Crippen molar-refractivity contribution in [1.29, 1.82) is 0 Å². The number of ether oxygens (including phenoxy) is 3. The van der Waals surface area contributed by atoms with Gasteiger partial charge in [0.2, 0.25) is 0 Å². The van der Waals surface area contributed by atoms with Crippen molar-refractivity contribution in [2.45, 2.75) is 39.0 Å². The van der Waals surface area contributed by atoms with Crippen molar-refractivity contribution >= 4 is 50.6 Å². The minimum Gasteiger partial charge on any atom is -0.489 e. The molecule has 174 valence electrons. The summed E-state index contributed by atoms with van der Waals surface area (Å²) in [4.78, 5) is 23.6. The van der Waals surface area contributed by atoms with Gasteiger partial charge in [0, 0.05) is 0 Å². The number of rotatable bonds is 9. The Morgan fingerprint density at radius 1 is 1.22 bits per heavy atom. The van der Waals surface area contributed by atoms with Crippen molar-refractivity contribution in [3.63, 3.8) is 0 Å². The van der Waals surface area contributed by atoms with Crippen molar-refractivity contribution in [3.8, 4) is 5.75 Å². The molecule has 0 spiro atoms. The lowest BCUT2D eigenvalue weighted by Gasteiger charge is -2.24. The average Bonchev–Trinajstić information content (AvgIpc) is 2.69. The van der Waals surface area contributed by atoms with E-state index in [0.29, 0.717) is 6.61 Å². The van der Waals surface area contributed by atoms with Crippen LogP contribution in [0.3, 0.4) is 0 Å². The summed E-state index contributed by atoms with van der Waals surface area (Å²) >= 11 is 4.88. The lowest BCUT2D eigenvalue weighted by atomic mass is 10.2. The smallest absolute Gasteiger partial charge is 0.408 e. The van der Waals surface area contributed by atoms with E-state index in [1.807, 2.05) is 30.3 Å². The first kappa shape index (κ1) is 26.3. The molecule has 0 aliphatic carbocycles. The second-order valence-corrected chi connectivity index (χ2v) is 9.69. The number of aromatic carboxylic acids is 1. The van der Waals surface area contributed by atoms with Crippen molar-refractivity contribution in [2.75, 3.05) is 13.2 Å². The zero-order chi connectivity index (χ0) is 23.9. The number of amides is 1.